The molecule has 17 heavy (non-hydrogen) atoms. The number of nitrogens with zero attached hydrogens (tertiary/aromatic N) is 1. The van der Waals surface area contributed by atoms with Gasteiger partial charge >= 0.3 is 5.97 Å². The zero-order valence-corrected chi connectivity index (χ0v) is 10.5. The fourth-order valence-electron chi connectivity index (χ4n) is 2.69. The molecule has 2 rings (SSSR count). The third-order valence-electron chi connectivity index (χ3n) is 3.72. The predicted molar refractivity (Wildman–Crippen MR) is 66.8 cm³/mol. The first-order valence-corrected chi connectivity index (χ1v) is 6.02. The van der Waals surface area contributed by atoms with E-state index < -0.39 is 5.54 Å². The summed E-state index contributed by atoms with van der Waals surface area (Å²) in [7, 11) is 3.48. The second kappa shape index (κ2) is 4.88. The van der Waals surface area contributed by atoms with E-state index in [1.807, 2.05) is 25.2 Å². The topological polar surface area (TPSA) is 29.5 Å². The van der Waals surface area contributed by atoms with Crippen molar-refractivity contribution < 1.29 is 9.53 Å². The number of rotatable bonds is 3. The molecule has 0 spiro atoms. The highest BCUT2D eigenvalue weighted by Gasteiger charge is 2.46. The normalized spacial score (nSPS) is 24.8. The largest absolute Gasteiger partial charge is 0.468 e. The van der Waals surface area contributed by atoms with Crippen molar-refractivity contribution in [1.29, 1.82) is 0 Å². The van der Waals surface area contributed by atoms with Crippen LogP contribution in [-0.4, -0.2) is 37.1 Å². The van der Waals surface area contributed by atoms with Crippen molar-refractivity contribution in [2.45, 2.75) is 24.8 Å². The maximum Gasteiger partial charge on any atom is 0.326 e. The second-order valence-corrected chi connectivity index (χ2v) is 4.71. The zero-order valence-electron chi connectivity index (χ0n) is 10.5. The molecule has 1 aromatic carbocycles. The number of likely N-dealkylation sites (tertiary alicyclic amines) is 1. The molecule has 0 bridgehead atoms. The summed E-state index contributed by atoms with van der Waals surface area (Å²) in [5, 5.41) is 0. The van der Waals surface area contributed by atoms with E-state index in [1.54, 1.807) is 0 Å². The maximum atomic E-state index is 12.1. The van der Waals surface area contributed by atoms with Crippen molar-refractivity contribution >= 4 is 5.97 Å². The van der Waals surface area contributed by atoms with Crippen molar-refractivity contribution in [2.24, 2.45) is 0 Å². The van der Waals surface area contributed by atoms with Gasteiger partial charge in [0.15, 0.2) is 0 Å². The molecule has 92 valence electrons. The van der Waals surface area contributed by atoms with Crippen LogP contribution in [0, 0.1) is 0 Å². The lowest BCUT2D eigenvalue weighted by Crippen LogP contribution is -2.51. The molecule has 0 saturated carbocycles. The summed E-state index contributed by atoms with van der Waals surface area (Å²) in [4.78, 5) is 14.2. The highest BCUT2D eigenvalue weighted by molar-refractivity contribution is 5.81. The molecule has 3 heteroatoms. The summed E-state index contributed by atoms with van der Waals surface area (Å²) in [6.45, 7) is 0.960. The van der Waals surface area contributed by atoms with Crippen LogP contribution in [-0.2, 0) is 16.0 Å². The minimum atomic E-state index is -0.462. The first kappa shape index (κ1) is 12.1. The average Bonchev–Trinajstić information content (AvgIpc) is 2.72. The van der Waals surface area contributed by atoms with Crippen molar-refractivity contribution in [3.8, 4) is 0 Å². The quantitative estimate of drug-likeness (QED) is 0.746. The molecule has 1 aliphatic rings. The fourth-order valence-corrected chi connectivity index (χ4v) is 2.69. The van der Waals surface area contributed by atoms with E-state index in [2.05, 4.69) is 17.0 Å². The first-order chi connectivity index (χ1) is 8.19. The Balaban J connectivity index is 2.26. The number of benzene rings is 1. The number of hydrogen-bond donors (Lipinski definition) is 0. The molecular weight excluding hydrogens is 214 g/mol. The van der Waals surface area contributed by atoms with Crippen LogP contribution >= 0.6 is 0 Å². The van der Waals surface area contributed by atoms with Gasteiger partial charge in [-0.05, 0) is 32.0 Å². The molecule has 1 heterocycles. The Labute approximate surface area is 102 Å². The lowest BCUT2D eigenvalue weighted by atomic mass is 9.88. The van der Waals surface area contributed by atoms with Gasteiger partial charge in [-0.3, -0.25) is 9.69 Å². The number of hydrogen-bond acceptors (Lipinski definition) is 3. The molecule has 1 atom stereocenters. The van der Waals surface area contributed by atoms with Crippen LogP contribution in [0.5, 0.6) is 0 Å². The van der Waals surface area contributed by atoms with Gasteiger partial charge in [0, 0.05) is 6.42 Å². The Hall–Kier alpha value is -1.35. The predicted octanol–water partition coefficient (Wildman–Crippen LogP) is 1.87. The first-order valence-electron chi connectivity index (χ1n) is 6.02. The molecule has 0 unspecified atom stereocenters. The van der Waals surface area contributed by atoms with Crippen LogP contribution in [0.15, 0.2) is 30.3 Å². The van der Waals surface area contributed by atoms with Crippen molar-refractivity contribution in [3.63, 3.8) is 0 Å². The van der Waals surface area contributed by atoms with E-state index >= 15 is 0 Å². The summed E-state index contributed by atoms with van der Waals surface area (Å²) < 4.78 is 5.00. The van der Waals surface area contributed by atoms with Gasteiger partial charge in [-0.25, -0.2) is 0 Å². The molecule has 0 aromatic heterocycles. The number of carbonyl (C=O) groups excluding carboxylic acids is 1. The van der Waals surface area contributed by atoms with E-state index in [4.69, 9.17) is 4.74 Å². The van der Waals surface area contributed by atoms with E-state index in [1.165, 1.54) is 12.7 Å². The second-order valence-electron chi connectivity index (χ2n) is 4.71. The summed E-state index contributed by atoms with van der Waals surface area (Å²) in [6, 6.07) is 10.1. The van der Waals surface area contributed by atoms with Gasteiger partial charge < -0.3 is 4.74 Å². The third kappa shape index (κ3) is 2.20. The highest BCUT2D eigenvalue weighted by atomic mass is 16.5. The minimum Gasteiger partial charge on any atom is -0.468 e. The van der Waals surface area contributed by atoms with Crippen LogP contribution in [0.3, 0.4) is 0 Å². The Kier molecular flexibility index (Phi) is 3.48. The van der Waals surface area contributed by atoms with Crippen molar-refractivity contribution in [3.05, 3.63) is 35.9 Å². The van der Waals surface area contributed by atoms with Crippen LogP contribution in [0.1, 0.15) is 18.4 Å². The summed E-state index contributed by atoms with van der Waals surface area (Å²) in [5.74, 6) is -0.110. The fraction of sp³-hybridized carbons (Fsp3) is 0.500. The third-order valence-corrected chi connectivity index (χ3v) is 3.72. The Morgan fingerprint density at radius 2 is 2.12 bits per heavy atom. The van der Waals surface area contributed by atoms with Gasteiger partial charge in [0.2, 0.25) is 0 Å². The number of ether oxygens (including phenoxy) is 1. The van der Waals surface area contributed by atoms with E-state index in [9.17, 15) is 4.79 Å². The molecule has 1 aromatic rings. The molecular formula is C14H19NO2. The Morgan fingerprint density at radius 1 is 1.41 bits per heavy atom. The standard InChI is InChI=1S/C14H19NO2/c1-15-10-6-9-14(15,13(16)17-2)11-12-7-4-3-5-8-12/h3-5,7-8H,6,9-11H2,1-2H3/t14-/m1/s1. The van der Waals surface area contributed by atoms with Gasteiger partial charge in [-0.15, -0.1) is 0 Å². The highest BCUT2D eigenvalue weighted by Crippen LogP contribution is 2.32. The molecule has 1 fully saturated rings. The molecule has 1 aliphatic heterocycles. The van der Waals surface area contributed by atoms with Crippen LogP contribution in [0.4, 0.5) is 0 Å². The summed E-state index contributed by atoms with van der Waals surface area (Å²) in [6.07, 6.45) is 2.67. The molecule has 0 aliphatic carbocycles. The SMILES string of the molecule is COC(=O)[C@]1(Cc2ccccc2)CCCN1C. The molecule has 0 radical (unpaired) electrons. The number of esters is 1. The van der Waals surface area contributed by atoms with Gasteiger partial charge in [0.1, 0.15) is 5.54 Å². The van der Waals surface area contributed by atoms with Crippen molar-refractivity contribution in [2.75, 3.05) is 20.7 Å². The molecule has 1 saturated heterocycles. The van der Waals surface area contributed by atoms with Gasteiger partial charge in [-0.1, -0.05) is 30.3 Å². The summed E-state index contributed by atoms with van der Waals surface area (Å²) in [5.41, 5.74) is 0.725. The van der Waals surface area contributed by atoms with Crippen LogP contribution < -0.4 is 0 Å². The monoisotopic (exact) mass is 233 g/mol. The lowest BCUT2D eigenvalue weighted by Gasteiger charge is -2.33. The molecule has 0 amide bonds. The van der Waals surface area contributed by atoms with Gasteiger partial charge in [0.25, 0.3) is 0 Å². The number of carbonyl (C=O) groups is 1. The van der Waals surface area contributed by atoms with Gasteiger partial charge in [0.05, 0.1) is 7.11 Å². The van der Waals surface area contributed by atoms with Crippen molar-refractivity contribution in [1.82, 2.24) is 4.90 Å². The van der Waals surface area contributed by atoms with E-state index in [0.29, 0.717) is 0 Å². The Morgan fingerprint density at radius 3 is 2.65 bits per heavy atom. The Bertz CT molecular complexity index is 390. The van der Waals surface area contributed by atoms with Gasteiger partial charge in [-0.2, -0.15) is 0 Å². The van der Waals surface area contributed by atoms with Crippen LogP contribution in [0.2, 0.25) is 0 Å². The maximum absolute atomic E-state index is 12.1. The zero-order chi connectivity index (χ0) is 12.3. The van der Waals surface area contributed by atoms with E-state index in [0.717, 1.165) is 25.8 Å². The lowest BCUT2D eigenvalue weighted by molar-refractivity contribution is -0.152. The molecule has 3 nitrogen and oxygen atoms in total. The minimum absolute atomic E-state index is 0.110. The van der Waals surface area contributed by atoms with E-state index in [-0.39, 0.29) is 5.97 Å². The number of likely N-dealkylation sites (N-methyl/N-ethyl adjacent to an activating group) is 1. The van der Waals surface area contributed by atoms with Crippen LogP contribution in [0.25, 0.3) is 0 Å². The number of methoxy groups -OCH3 is 1. The summed E-state index contributed by atoms with van der Waals surface area (Å²) >= 11 is 0. The smallest absolute Gasteiger partial charge is 0.326 e. The average molecular weight is 233 g/mol. The molecule has 0 N–H and O–H groups in total.